The van der Waals surface area contributed by atoms with Crippen LogP contribution in [0.3, 0.4) is 0 Å². The van der Waals surface area contributed by atoms with Gasteiger partial charge >= 0.3 is 0 Å². The summed E-state index contributed by atoms with van der Waals surface area (Å²) in [4.78, 5) is 23.5. The highest BCUT2D eigenvalue weighted by Gasteiger charge is 2.21. The Morgan fingerprint density at radius 2 is 1.68 bits per heavy atom. The van der Waals surface area contributed by atoms with Crippen LogP contribution in [0.5, 0.6) is 0 Å². The summed E-state index contributed by atoms with van der Waals surface area (Å²) in [6.07, 6.45) is 7.22. The summed E-state index contributed by atoms with van der Waals surface area (Å²) in [6.45, 7) is 1.43. The molecule has 2 N–H and O–H groups in total. The second-order valence-electron chi connectivity index (χ2n) is 8.78. The third kappa shape index (κ3) is 3.70. The summed E-state index contributed by atoms with van der Waals surface area (Å²) in [6, 6.07) is 20.1. The zero-order valence-corrected chi connectivity index (χ0v) is 18.6. The van der Waals surface area contributed by atoms with Crippen molar-refractivity contribution in [1.29, 1.82) is 0 Å². The number of rotatable bonds is 3. The van der Waals surface area contributed by atoms with Crippen molar-refractivity contribution in [3.8, 4) is 22.5 Å². The number of nitrogens with zero attached hydrogens (tertiary/aromatic N) is 5. The van der Waals surface area contributed by atoms with Crippen molar-refractivity contribution in [3.05, 3.63) is 84.8 Å². The van der Waals surface area contributed by atoms with Gasteiger partial charge in [0, 0.05) is 53.6 Å². The van der Waals surface area contributed by atoms with Crippen LogP contribution in [-0.2, 0) is 0 Å². The first-order valence-electron chi connectivity index (χ1n) is 11.5. The molecule has 168 valence electrons. The average Bonchev–Trinajstić information content (AvgIpc) is 3.32. The highest BCUT2D eigenvalue weighted by atomic mass is 16.2. The molecule has 0 radical (unpaired) electrons. The first-order chi connectivity index (χ1) is 16.7. The van der Waals surface area contributed by atoms with Crippen molar-refractivity contribution >= 4 is 22.3 Å². The van der Waals surface area contributed by atoms with E-state index in [1.807, 2.05) is 64.3 Å². The van der Waals surface area contributed by atoms with E-state index < -0.39 is 0 Å². The number of carbonyl (C=O) groups is 1. The van der Waals surface area contributed by atoms with Crippen LogP contribution < -0.4 is 5.73 Å². The molecule has 4 heterocycles. The standard InChI is InChI=1S/C27H24N6O/c28-23-10-13-32(14-11-23)27(34)19-3-1-18(2-4-19)24-7-8-26-30-17-25(33(26)31-24)21-5-6-22-16-29-12-9-20(22)15-21/h1-9,12,15-17,23H,10-11,13-14,28H2. The number of hydrogen-bond donors (Lipinski definition) is 1. The molecule has 34 heavy (non-hydrogen) atoms. The van der Waals surface area contributed by atoms with Gasteiger partial charge in [-0.2, -0.15) is 5.10 Å². The van der Waals surface area contributed by atoms with E-state index in [-0.39, 0.29) is 11.9 Å². The van der Waals surface area contributed by atoms with Crippen LogP contribution in [0.4, 0.5) is 0 Å². The normalized spacial score (nSPS) is 14.7. The highest BCUT2D eigenvalue weighted by Crippen LogP contribution is 2.26. The lowest BCUT2D eigenvalue weighted by Crippen LogP contribution is -2.42. The van der Waals surface area contributed by atoms with Gasteiger partial charge < -0.3 is 10.6 Å². The Kier molecular flexibility index (Phi) is 5.04. The minimum atomic E-state index is 0.0604. The molecule has 0 atom stereocenters. The van der Waals surface area contributed by atoms with Crippen LogP contribution >= 0.6 is 0 Å². The lowest BCUT2D eigenvalue weighted by atomic mass is 10.0. The maximum atomic E-state index is 12.8. The largest absolute Gasteiger partial charge is 0.339 e. The Bertz CT molecular complexity index is 1500. The zero-order chi connectivity index (χ0) is 23.1. The minimum Gasteiger partial charge on any atom is -0.339 e. The van der Waals surface area contributed by atoms with Gasteiger partial charge in [-0.1, -0.05) is 24.3 Å². The molecular formula is C27H24N6O. The van der Waals surface area contributed by atoms with E-state index in [0.29, 0.717) is 18.7 Å². The Morgan fingerprint density at radius 3 is 2.50 bits per heavy atom. The maximum absolute atomic E-state index is 12.8. The van der Waals surface area contributed by atoms with Gasteiger partial charge in [0.1, 0.15) is 0 Å². The van der Waals surface area contributed by atoms with E-state index >= 15 is 0 Å². The molecule has 3 aromatic heterocycles. The average molecular weight is 449 g/mol. The molecule has 0 saturated carbocycles. The van der Waals surface area contributed by atoms with Gasteiger partial charge in [0.25, 0.3) is 5.91 Å². The molecular weight excluding hydrogens is 424 g/mol. The molecule has 1 saturated heterocycles. The third-order valence-corrected chi connectivity index (χ3v) is 6.55. The number of carbonyl (C=O) groups excluding carboxylic acids is 1. The summed E-state index contributed by atoms with van der Waals surface area (Å²) in [5.74, 6) is 0.0604. The van der Waals surface area contributed by atoms with Crippen molar-refractivity contribution in [2.24, 2.45) is 5.73 Å². The van der Waals surface area contributed by atoms with E-state index in [4.69, 9.17) is 10.8 Å². The van der Waals surface area contributed by atoms with Crippen molar-refractivity contribution in [2.75, 3.05) is 13.1 Å². The van der Waals surface area contributed by atoms with E-state index in [9.17, 15) is 4.79 Å². The number of imidazole rings is 1. The third-order valence-electron chi connectivity index (χ3n) is 6.55. The van der Waals surface area contributed by atoms with Gasteiger partial charge in [-0.05, 0) is 54.6 Å². The smallest absolute Gasteiger partial charge is 0.253 e. The van der Waals surface area contributed by atoms with Crippen LogP contribution in [0.15, 0.2) is 79.3 Å². The fraction of sp³-hybridized carbons (Fsp3) is 0.185. The Balaban J connectivity index is 1.31. The predicted octanol–water partition coefficient (Wildman–Crippen LogP) is 4.17. The van der Waals surface area contributed by atoms with Crippen LogP contribution in [0, 0.1) is 0 Å². The fourth-order valence-electron chi connectivity index (χ4n) is 4.54. The molecule has 1 fully saturated rings. The predicted molar refractivity (Wildman–Crippen MR) is 132 cm³/mol. The van der Waals surface area contributed by atoms with Crippen molar-refractivity contribution < 1.29 is 4.79 Å². The lowest BCUT2D eigenvalue weighted by Gasteiger charge is -2.30. The quantitative estimate of drug-likeness (QED) is 0.447. The maximum Gasteiger partial charge on any atom is 0.253 e. The van der Waals surface area contributed by atoms with Crippen molar-refractivity contribution in [2.45, 2.75) is 18.9 Å². The Hall–Kier alpha value is -4.10. The number of likely N-dealkylation sites (tertiary alicyclic amines) is 1. The van der Waals surface area contributed by atoms with Crippen LogP contribution in [0.25, 0.3) is 38.9 Å². The van der Waals surface area contributed by atoms with Crippen LogP contribution in [0.1, 0.15) is 23.2 Å². The van der Waals surface area contributed by atoms with Crippen molar-refractivity contribution in [3.63, 3.8) is 0 Å². The molecule has 6 rings (SSSR count). The number of aromatic nitrogens is 4. The number of piperidine rings is 1. The summed E-state index contributed by atoms with van der Waals surface area (Å²) in [7, 11) is 0. The van der Waals surface area contributed by atoms with E-state index in [1.165, 1.54) is 0 Å². The summed E-state index contributed by atoms with van der Waals surface area (Å²) in [5.41, 5.74) is 11.2. The van der Waals surface area contributed by atoms with Gasteiger partial charge in [0.05, 0.1) is 17.6 Å². The first kappa shape index (κ1) is 20.5. The van der Waals surface area contributed by atoms with Crippen LogP contribution in [0.2, 0.25) is 0 Å². The zero-order valence-electron chi connectivity index (χ0n) is 18.6. The highest BCUT2D eigenvalue weighted by molar-refractivity contribution is 5.94. The SMILES string of the molecule is NC1CCN(C(=O)c2ccc(-c3ccc4ncc(-c5ccc6cnccc6c5)n4n3)cc2)CC1. The summed E-state index contributed by atoms with van der Waals surface area (Å²) >= 11 is 0. The molecule has 7 nitrogen and oxygen atoms in total. The second-order valence-corrected chi connectivity index (χ2v) is 8.78. The molecule has 1 amide bonds. The number of amides is 1. The van der Waals surface area contributed by atoms with E-state index in [2.05, 4.69) is 28.2 Å². The summed E-state index contributed by atoms with van der Waals surface area (Å²) < 4.78 is 1.87. The van der Waals surface area contributed by atoms with Gasteiger partial charge in [-0.3, -0.25) is 9.78 Å². The summed E-state index contributed by atoms with van der Waals surface area (Å²) in [5, 5.41) is 7.08. The topological polar surface area (TPSA) is 89.4 Å². The van der Waals surface area contributed by atoms with E-state index in [0.717, 1.165) is 51.8 Å². The molecule has 2 aromatic carbocycles. The number of nitrogens with two attached hydrogens (primary N) is 1. The molecule has 0 spiro atoms. The van der Waals surface area contributed by atoms with E-state index in [1.54, 1.807) is 6.20 Å². The van der Waals surface area contributed by atoms with Crippen molar-refractivity contribution in [1.82, 2.24) is 24.5 Å². The fourth-order valence-corrected chi connectivity index (χ4v) is 4.54. The van der Waals surface area contributed by atoms with Gasteiger partial charge in [0.2, 0.25) is 0 Å². The number of hydrogen-bond acceptors (Lipinski definition) is 5. The Morgan fingerprint density at radius 1 is 0.882 bits per heavy atom. The van der Waals surface area contributed by atoms with Gasteiger partial charge in [0.15, 0.2) is 5.65 Å². The number of pyridine rings is 1. The molecule has 1 aliphatic heterocycles. The monoisotopic (exact) mass is 448 g/mol. The van der Waals surface area contributed by atoms with Crippen LogP contribution in [-0.4, -0.2) is 49.5 Å². The molecule has 0 unspecified atom stereocenters. The van der Waals surface area contributed by atoms with Gasteiger partial charge in [-0.25, -0.2) is 9.50 Å². The molecule has 0 bridgehead atoms. The molecule has 7 heteroatoms. The Labute approximate surface area is 196 Å². The lowest BCUT2D eigenvalue weighted by molar-refractivity contribution is 0.0715. The molecule has 5 aromatic rings. The molecule has 0 aliphatic carbocycles. The van der Waals surface area contributed by atoms with Gasteiger partial charge in [-0.15, -0.1) is 0 Å². The second kappa shape index (κ2) is 8.35. The first-order valence-corrected chi connectivity index (χ1v) is 11.5. The molecule has 1 aliphatic rings. The minimum absolute atomic E-state index is 0.0604. The number of benzene rings is 2. The number of fused-ring (bicyclic) bond motifs is 2.